The van der Waals surface area contributed by atoms with Crippen molar-refractivity contribution in [2.75, 3.05) is 12.3 Å². The van der Waals surface area contributed by atoms with E-state index < -0.39 is 0 Å². The molecule has 0 radical (unpaired) electrons. The number of aromatic nitrogens is 1. The molecule has 2 N–H and O–H groups in total. The van der Waals surface area contributed by atoms with Gasteiger partial charge in [0.25, 0.3) is 0 Å². The Morgan fingerprint density at radius 2 is 2.11 bits per heavy atom. The van der Waals surface area contributed by atoms with Gasteiger partial charge in [-0.2, -0.15) is 0 Å². The Labute approximate surface area is 121 Å². The molecule has 1 aromatic carbocycles. The van der Waals surface area contributed by atoms with Crippen LogP contribution in [0, 0.1) is 0 Å². The third-order valence-electron chi connectivity index (χ3n) is 3.49. The number of nitrogen functional groups attached to an aromatic ring is 1. The van der Waals surface area contributed by atoms with Crippen molar-refractivity contribution in [2.45, 2.75) is 19.5 Å². The van der Waals surface area contributed by atoms with Crippen LogP contribution in [0.1, 0.15) is 16.7 Å². The maximum atomic E-state index is 5.87. The minimum absolute atomic E-state index is 0.852. The maximum absolute atomic E-state index is 5.87. The summed E-state index contributed by atoms with van der Waals surface area (Å²) in [6, 6.07) is 8.37. The zero-order valence-corrected chi connectivity index (χ0v) is 12.2. The zero-order chi connectivity index (χ0) is 13.2. The highest BCUT2D eigenvalue weighted by molar-refractivity contribution is 9.10. The molecule has 0 saturated carbocycles. The molecule has 0 atom stereocenters. The van der Waals surface area contributed by atoms with Crippen molar-refractivity contribution >= 4 is 21.6 Å². The van der Waals surface area contributed by atoms with Gasteiger partial charge in [0.1, 0.15) is 0 Å². The van der Waals surface area contributed by atoms with Gasteiger partial charge < -0.3 is 5.73 Å². The molecule has 1 aromatic heterocycles. The van der Waals surface area contributed by atoms with Gasteiger partial charge in [-0.1, -0.05) is 6.07 Å². The Hall–Kier alpha value is -1.39. The Balaban J connectivity index is 1.75. The summed E-state index contributed by atoms with van der Waals surface area (Å²) in [5.41, 5.74) is 10.7. The smallest absolute Gasteiger partial charge is 0.0410 e. The number of pyridine rings is 1. The molecule has 0 amide bonds. The van der Waals surface area contributed by atoms with Crippen LogP contribution in [0.25, 0.3) is 0 Å². The number of hydrogen-bond donors (Lipinski definition) is 1. The molecule has 0 saturated heterocycles. The predicted octanol–water partition coefficient (Wildman–Crippen LogP) is 2.98. The summed E-state index contributed by atoms with van der Waals surface area (Å²) in [7, 11) is 0. The molecule has 0 spiro atoms. The van der Waals surface area contributed by atoms with Gasteiger partial charge in [0.2, 0.25) is 0 Å². The average Bonchev–Trinajstić information content (AvgIpc) is 2.38. The minimum Gasteiger partial charge on any atom is -0.399 e. The van der Waals surface area contributed by atoms with E-state index in [1.165, 1.54) is 16.7 Å². The number of rotatable bonds is 2. The lowest BCUT2D eigenvalue weighted by Gasteiger charge is -2.28. The molecule has 98 valence electrons. The highest BCUT2D eigenvalue weighted by Gasteiger charge is 2.16. The van der Waals surface area contributed by atoms with Crippen LogP contribution in [-0.4, -0.2) is 16.4 Å². The molecule has 1 aliphatic rings. The van der Waals surface area contributed by atoms with E-state index in [0.717, 1.165) is 36.2 Å². The van der Waals surface area contributed by atoms with Crippen LogP contribution >= 0.6 is 15.9 Å². The molecule has 3 nitrogen and oxygen atoms in total. The van der Waals surface area contributed by atoms with Crippen LogP contribution in [0.4, 0.5) is 5.69 Å². The number of nitrogens with two attached hydrogens (primary N) is 1. The lowest BCUT2D eigenvalue weighted by Crippen LogP contribution is -2.30. The lowest BCUT2D eigenvalue weighted by atomic mass is 9.99. The van der Waals surface area contributed by atoms with Crippen molar-refractivity contribution in [3.05, 3.63) is 57.8 Å². The summed E-state index contributed by atoms with van der Waals surface area (Å²) < 4.78 is 1.03. The van der Waals surface area contributed by atoms with Gasteiger partial charge >= 0.3 is 0 Å². The molecular formula is C15H16BrN3. The van der Waals surface area contributed by atoms with Crippen molar-refractivity contribution in [1.82, 2.24) is 9.88 Å². The van der Waals surface area contributed by atoms with Crippen LogP contribution in [0.2, 0.25) is 0 Å². The van der Waals surface area contributed by atoms with Crippen LogP contribution in [0.5, 0.6) is 0 Å². The average molecular weight is 318 g/mol. The molecule has 0 unspecified atom stereocenters. The van der Waals surface area contributed by atoms with Gasteiger partial charge in [0.15, 0.2) is 0 Å². The first-order valence-corrected chi connectivity index (χ1v) is 7.19. The van der Waals surface area contributed by atoms with E-state index in [0.29, 0.717) is 0 Å². The standard InChI is InChI=1S/C15H16BrN3/c16-14-5-11(7-18-8-14)9-19-4-3-12-1-2-15(17)6-13(12)10-19/h1-2,5-8H,3-4,9-10,17H2. The molecule has 0 bridgehead atoms. The maximum Gasteiger partial charge on any atom is 0.0410 e. The van der Waals surface area contributed by atoms with Gasteiger partial charge in [-0.3, -0.25) is 9.88 Å². The second-order valence-electron chi connectivity index (χ2n) is 5.00. The van der Waals surface area contributed by atoms with E-state index in [1.807, 2.05) is 18.5 Å². The first kappa shape index (κ1) is 12.6. The molecule has 2 heterocycles. The summed E-state index contributed by atoms with van der Waals surface area (Å²) in [5, 5.41) is 0. The largest absolute Gasteiger partial charge is 0.399 e. The fourth-order valence-electron chi connectivity index (χ4n) is 2.57. The fourth-order valence-corrected chi connectivity index (χ4v) is 2.98. The fraction of sp³-hybridized carbons (Fsp3) is 0.267. The Morgan fingerprint density at radius 3 is 2.95 bits per heavy atom. The summed E-state index contributed by atoms with van der Waals surface area (Å²) in [6.07, 6.45) is 4.84. The third kappa shape index (κ3) is 2.96. The Kier molecular flexibility index (Phi) is 3.53. The van der Waals surface area contributed by atoms with Crippen LogP contribution in [0.15, 0.2) is 41.1 Å². The highest BCUT2D eigenvalue weighted by Crippen LogP contribution is 2.23. The van der Waals surface area contributed by atoms with Crippen molar-refractivity contribution in [3.63, 3.8) is 0 Å². The highest BCUT2D eigenvalue weighted by atomic mass is 79.9. The third-order valence-corrected chi connectivity index (χ3v) is 3.92. The molecule has 0 fully saturated rings. The molecule has 1 aliphatic heterocycles. The SMILES string of the molecule is Nc1ccc2c(c1)CN(Cc1cncc(Br)c1)CC2. The molecular weight excluding hydrogens is 302 g/mol. The first-order chi connectivity index (χ1) is 9.20. The molecule has 3 rings (SSSR count). The van der Waals surface area contributed by atoms with Crippen LogP contribution in [0.3, 0.4) is 0 Å². The number of benzene rings is 1. The quantitative estimate of drug-likeness (QED) is 0.866. The lowest BCUT2D eigenvalue weighted by molar-refractivity contribution is 0.245. The van der Waals surface area contributed by atoms with Gasteiger partial charge in [0.05, 0.1) is 0 Å². The second-order valence-corrected chi connectivity index (χ2v) is 5.92. The van der Waals surface area contributed by atoms with Crippen molar-refractivity contribution in [3.8, 4) is 0 Å². The monoisotopic (exact) mass is 317 g/mol. The summed E-state index contributed by atoms with van der Waals surface area (Å²) in [5.74, 6) is 0. The molecule has 4 heteroatoms. The Morgan fingerprint density at radius 1 is 1.21 bits per heavy atom. The zero-order valence-electron chi connectivity index (χ0n) is 10.6. The van der Waals surface area contributed by atoms with Gasteiger partial charge in [0, 0.05) is 42.2 Å². The van der Waals surface area contributed by atoms with Gasteiger partial charge in [-0.05, 0) is 57.2 Å². The summed E-state index contributed by atoms with van der Waals surface area (Å²) in [4.78, 5) is 6.65. The minimum atomic E-state index is 0.852. The number of nitrogens with zero attached hydrogens (tertiary/aromatic N) is 2. The van der Waals surface area contributed by atoms with E-state index in [-0.39, 0.29) is 0 Å². The van der Waals surface area contributed by atoms with Crippen molar-refractivity contribution < 1.29 is 0 Å². The number of fused-ring (bicyclic) bond motifs is 1. The van der Waals surface area contributed by atoms with E-state index in [2.05, 4.69) is 44.0 Å². The van der Waals surface area contributed by atoms with E-state index in [9.17, 15) is 0 Å². The normalized spacial score (nSPS) is 15.2. The van der Waals surface area contributed by atoms with Crippen molar-refractivity contribution in [1.29, 1.82) is 0 Å². The van der Waals surface area contributed by atoms with E-state index in [1.54, 1.807) is 0 Å². The van der Waals surface area contributed by atoms with Crippen LogP contribution < -0.4 is 5.73 Å². The Bertz CT molecular complexity index is 598. The molecule has 19 heavy (non-hydrogen) atoms. The topological polar surface area (TPSA) is 42.1 Å². The summed E-state index contributed by atoms with van der Waals surface area (Å²) in [6.45, 7) is 2.98. The van der Waals surface area contributed by atoms with Gasteiger partial charge in [-0.25, -0.2) is 0 Å². The van der Waals surface area contributed by atoms with Crippen LogP contribution in [-0.2, 0) is 19.5 Å². The molecule has 2 aromatic rings. The number of hydrogen-bond acceptors (Lipinski definition) is 3. The second kappa shape index (κ2) is 5.31. The number of halogens is 1. The first-order valence-electron chi connectivity index (χ1n) is 6.40. The van der Waals surface area contributed by atoms with E-state index >= 15 is 0 Å². The molecule has 0 aliphatic carbocycles. The summed E-state index contributed by atoms with van der Waals surface area (Å²) >= 11 is 3.46. The number of anilines is 1. The van der Waals surface area contributed by atoms with E-state index in [4.69, 9.17) is 5.73 Å². The van der Waals surface area contributed by atoms with Gasteiger partial charge in [-0.15, -0.1) is 0 Å². The predicted molar refractivity (Wildman–Crippen MR) is 80.6 cm³/mol. The van der Waals surface area contributed by atoms with Crippen molar-refractivity contribution in [2.24, 2.45) is 0 Å².